The maximum atomic E-state index is 12.0. The third kappa shape index (κ3) is 8.63. The van der Waals surface area contributed by atoms with Gasteiger partial charge in [0, 0.05) is 26.1 Å². The number of hydrogen-bond acceptors (Lipinski definition) is 2. The minimum atomic E-state index is -0.343. The summed E-state index contributed by atoms with van der Waals surface area (Å²) in [7, 11) is 0. The number of furan rings is 1. The Balaban J connectivity index is 0.00000324. The highest BCUT2D eigenvalue weighted by atomic mass is 127. The van der Waals surface area contributed by atoms with Gasteiger partial charge in [0.1, 0.15) is 5.76 Å². The molecule has 1 aromatic heterocycles. The first-order chi connectivity index (χ1) is 8.86. The number of nitrogens with zero attached hydrogens (tertiary/aromatic N) is 1. The Morgan fingerprint density at radius 1 is 1.47 bits per heavy atom. The fraction of sp³-hybridized carbons (Fsp3) is 0.462. The zero-order valence-corrected chi connectivity index (χ0v) is 13.2. The quantitative estimate of drug-likeness (QED) is 0.239. The highest BCUT2D eigenvalue weighted by molar-refractivity contribution is 14.0. The molecule has 6 heteroatoms. The maximum Gasteiger partial charge on any atom is 0.191 e. The Labute approximate surface area is 130 Å². The Kier molecular flexibility index (Phi) is 11.3. The molecule has 4 nitrogen and oxygen atoms in total. The van der Waals surface area contributed by atoms with E-state index in [-0.39, 0.29) is 30.7 Å². The summed E-state index contributed by atoms with van der Waals surface area (Å²) in [4.78, 5) is 4.25. The van der Waals surface area contributed by atoms with Gasteiger partial charge < -0.3 is 15.1 Å². The number of hydrogen-bond donors (Lipinski definition) is 2. The van der Waals surface area contributed by atoms with Crippen LogP contribution in [0.4, 0.5) is 4.39 Å². The van der Waals surface area contributed by atoms with Crippen molar-refractivity contribution in [3.63, 3.8) is 0 Å². The second kappa shape index (κ2) is 12.0. The Morgan fingerprint density at radius 3 is 2.95 bits per heavy atom. The molecule has 0 aliphatic rings. The summed E-state index contributed by atoms with van der Waals surface area (Å²) in [6, 6.07) is 3.79. The Hall–Kier alpha value is -1.05. The van der Waals surface area contributed by atoms with Crippen molar-refractivity contribution in [1.82, 2.24) is 10.6 Å². The molecule has 0 radical (unpaired) electrons. The van der Waals surface area contributed by atoms with E-state index in [1.807, 2.05) is 12.1 Å². The normalized spacial score (nSPS) is 10.7. The van der Waals surface area contributed by atoms with Crippen molar-refractivity contribution in [3.05, 3.63) is 36.8 Å². The lowest BCUT2D eigenvalue weighted by atomic mass is 10.3. The number of alkyl halides is 1. The summed E-state index contributed by atoms with van der Waals surface area (Å²) in [5.41, 5.74) is 0. The molecule has 1 heterocycles. The third-order valence-electron chi connectivity index (χ3n) is 2.22. The van der Waals surface area contributed by atoms with E-state index in [4.69, 9.17) is 4.42 Å². The SMILES string of the molecule is C=CCNC(=NCCCF)NCCc1ccco1.I. The lowest BCUT2D eigenvalue weighted by molar-refractivity contribution is 0.477. The molecule has 0 fully saturated rings. The molecule has 0 aliphatic carbocycles. The van der Waals surface area contributed by atoms with E-state index in [1.54, 1.807) is 12.3 Å². The van der Waals surface area contributed by atoms with Crippen LogP contribution in [0.1, 0.15) is 12.2 Å². The summed E-state index contributed by atoms with van der Waals surface area (Å²) in [6.07, 6.45) is 4.63. The van der Waals surface area contributed by atoms with Crippen LogP contribution in [-0.4, -0.2) is 32.3 Å². The predicted octanol–water partition coefficient (Wildman–Crippen LogP) is 2.52. The van der Waals surface area contributed by atoms with Gasteiger partial charge in [-0.15, -0.1) is 30.6 Å². The second-order valence-electron chi connectivity index (χ2n) is 3.70. The van der Waals surface area contributed by atoms with Crippen molar-refractivity contribution in [2.75, 3.05) is 26.3 Å². The molecule has 0 atom stereocenters. The molecule has 108 valence electrons. The molecular weight excluding hydrogens is 360 g/mol. The molecule has 19 heavy (non-hydrogen) atoms. The molecule has 0 aliphatic heterocycles. The summed E-state index contributed by atoms with van der Waals surface area (Å²) in [5.74, 6) is 1.60. The molecule has 1 rings (SSSR count). The molecule has 0 saturated carbocycles. The van der Waals surface area contributed by atoms with Gasteiger partial charge in [0.05, 0.1) is 12.9 Å². The first-order valence-electron chi connectivity index (χ1n) is 6.08. The molecular formula is C13H21FIN3O. The van der Waals surface area contributed by atoms with Gasteiger partial charge in [-0.25, -0.2) is 0 Å². The number of guanidine groups is 1. The number of aliphatic imine (C=N–C) groups is 1. The zero-order chi connectivity index (χ0) is 13.1. The van der Waals surface area contributed by atoms with Crippen LogP contribution in [0, 0.1) is 0 Å². The first-order valence-corrected chi connectivity index (χ1v) is 6.08. The average Bonchev–Trinajstić information content (AvgIpc) is 2.88. The van der Waals surface area contributed by atoms with Gasteiger partial charge in [0.15, 0.2) is 5.96 Å². The monoisotopic (exact) mass is 381 g/mol. The number of rotatable bonds is 8. The van der Waals surface area contributed by atoms with Crippen LogP contribution in [0.3, 0.4) is 0 Å². The van der Waals surface area contributed by atoms with Crippen LogP contribution < -0.4 is 10.6 Å². The van der Waals surface area contributed by atoms with E-state index >= 15 is 0 Å². The highest BCUT2D eigenvalue weighted by Crippen LogP contribution is 1.99. The first kappa shape index (κ1) is 17.9. The zero-order valence-electron chi connectivity index (χ0n) is 10.9. The van der Waals surface area contributed by atoms with Gasteiger partial charge in [-0.3, -0.25) is 9.38 Å². The number of nitrogens with one attached hydrogen (secondary N) is 2. The standard InChI is InChI=1S/C13H20FN3O.HI/c1-2-8-15-13(16-9-4-7-14)17-10-6-12-5-3-11-18-12;/h2-3,5,11H,1,4,6-10H2,(H2,15,16,17);1H. The van der Waals surface area contributed by atoms with Crippen LogP contribution in [0.2, 0.25) is 0 Å². The Morgan fingerprint density at radius 2 is 2.32 bits per heavy atom. The third-order valence-corrected chi connectivity index (χ3v) is 2.22. The Bertz CT molecular complexity index is 355. The fourth-order valence-electron chi connectivity index (χ4n) is 1.35. The van der Waals surface area contributed by atoms with E-state index in [0.717, 1.165) is 12.2 Å². The summed E-state index contributed by atoms with van der Waals surface area (Å²) < 4.78 is 17.2. The topological polar surface area (TPSA) is 49.6 Å². The van der Waals surface area contributed by atoms with Crippen LogP contribution in [0.5, 0.6) is 0 Å². The van der Waals surface area contributed by atoms with E-state index in [9.17, 15) is 4.39 Å². The van der Waals surface area contributed by atoms with Crippen molar-refractivity contribution < 1.29 is 8.81 Å². The molecule has 2 N–H and O–H groups in total. The van der Waals surface area contributed by atoms with Gasteiger partial charge in [-0.05, 0) is 18.6 Å². The minimum Gasteiger partial charge on any atom is -0.469 e. The van der Waals surface area contributed by atoms with Gasteiger partial charge >= 0.3 is 0 Å². The van der Waals surface area contributed by atoms with Crippen LogP contribution in [0.25, 0.3) is 0 Å². The van der Waals surface area contributed by atoms with Crippen molar-refractivity contribution in [1.29, 1.82) is 0 Å². The van der Waals surface area contributed by atoms with Crippen molar-refractivity contribution in [2.45, 2.75) is 12.8 Å². The van der Waals surface area contributed by atoms with Crippen molar-refractivity contribution in [3.8, 4) is 0 Å². The van der Waals surface area contributed by atoms with Gasteiger partial charge in [-0.2, -0.15) is 0 Å². The van der Waals surface area contributed by atoms with E-state index < -0.39 is 0 Å². The molecule has 0 amide bonds. The van der Waals surface area contributed by atoms with E-state index in [0.29, 0.717) is 32.0 Å². The largest absolute Gasteiger partial charge is 0.469 e. The maximum absolute atomic E-state index is 12.0. The summed E-state index contributed by atoms with van der Waals surface area (Å²) in [6.45, 7) is 5.10. The van der Waals surface area contributed by atoms with E-state index in [2.05, 4.69) is 22.2 Å². The molecule has 0 unspecified atom stereocenters. The summed E-state index contributed by atoms with van der Waals surface area (Å²) >= 11 is 0. The molecule has 0 spiro atoms. The van der Waals surface area contributed by atoms with E-state index in [1.165, 1.54) is 0 Å². The van der Waals surface area contributed by atoms with Gasteiger partial charge in [0.25, 0.3) is 0 Å². The van der Waals surface area contributed by atoms with Crippen LogP contribution in [-0.2, 0) is 6.42 Å². The van der Waals surface area contributed by atoms with Gasteiger partial charge in [-0.1, -0.05) is 6.08 Å². The predicted molar refractivity (Wildman–Crippen MR) is 86.9 cm³/mol. The summed E-state index contributed by atoms with van der Waals surface area (Å²) in [5, 5.41) is 6.24. The molecule has 0 bridgehead atoms. The van der Waals surface area contributed by atoms with Crippen molar-refractivity contribution >= 4 is 29.9 Å². The lowest BCUT2D eigenvalue weighted by Gasteiger charge is -2.10. The average molecular weight is 381 g/mol. The molecule has 1 aromatic rings. The minimum absolute atomic E-state index is 0. The fourth-order valence-corrected chi connectivity index (χ4v) is 1.35. The van der Waals surface area contributed by atoms with Crippen LogP contribution >= 0.6 is 24.0 Å². The highest BCUT2D eigenvalue weighted by Gasteiger charge is 1.99. The second-order valence-corrected chi connectivity index (χ2v) is 3.70. The number of halogens is 2. The lowest BCUT2D eigenvalue weighted by Crippen LogP contribution is -2.38. The van der Waals surface area contributed by atoms with Gasteiger partial charge in [0.2, 0.25) is 0 Å². The molecule has 0 aromatic carbocycles. The van der Waals surface area contributed by atoms with Crippen LogP contribution in [0.15, 0.2) is 40.5 Å². The van der Waals surface area contributed by atoms with Crippen molar-refractivity contribution in [2.24, 2.45) is 4.99 Å². The smallest absolute Gasteiger partial charge is 0.191 e. The molecule has 0 saturated heterocycles.